The molecule has 66 heavy (non-hydrogen) atoms. The summed E-state index contributed by atoms with van der Waals surface area (Å²) in [6, 6.07) is 18.1. The van der Waals surface area contributed by atoms with Crippen LogP contribution < -0.4 is 57.7 Å². The van der Waals surface area contributed by atoms with Crippen molar-refractivity contribution in [1.29, 1.82) is 0 Å². The molecule has 0 fully saturated rings. The van der Waals surface area contributed by atoms with E-state index in [0.29, 0.717) is 55.4 Å². The van der Waals surface area contributed by atoms with Crippen LogP contribution >= 0.6 is 46.4 Å². The van der Waals surface area contributed by atoms with Gasteiger partial charge >= 0.3 is 34.1 Å². The van der Waals surface area contributed by atoms with Crippen LogP contribution in [0.2, 0.25) is 20.1 Å². The van der Waals surface area contributed by atoms with Gasteiger partial charge in [-0.3, -0.25) is 20.0 Å². The van der Waals surface area contributed by atoms with Crippen LogP contribution in [0.4, 0.5) is 0 Å². The van der Waals surface area contributed by atoms with Crippen LogP contribution in [0.3, 0.4) is 0 Å². The van der Waals surface area contributed by atoms with Crippen molar-refractivity contribution < 1.29 is 134 Å². The Kier molecular flexibility index (Phi) is 40.8. The van der Waals surface area contributed by atoms with Gasteiger partial charge in [0.05, 0.1) is 24.2 Å². The second kappa shape index (κ2) is 36.1. The van der Waals surface area contributed by atoms with Crippen molar-refractivity contribution in [2.45, 2.75) is 45.7 Å². The number of benzene rings is 4. The number of hydrogen-bond acceptors (Lipinski definition) is 17. The predicted octanol–water partition coefficient (Wildman–Crippen LogP) is -5.08. The Labute approximate surface area is 425 Å². The van der Waals surface area contributed by atoms with Crippen molar-refractivity contribution in [3.05, 3.63) is 115 Å². The average molecular weight is 1140 g/mol. The maximum Gasteiger partial charge on any atom is 3.00 e. The molecular weight excluding hydrogens is 1090 g/mol. The SMILES string of the molecule is CC(C)(CN=Cc1cc(Cl)ccc1[O-])N=Cc1cc(Cl)ccc1[O-].CC(C)(CN=Cc1cc(Cl)ccc1[O-])N=Cc1cc(Cl)ccc1[O-].CCO.O.O.O.[Mn+3].[Mn+3].[O-][Cl+3]([O-])([O-])[O-].[O-][Cl+3]([O-])([O-])[O-]. The number of aliphatic hydroxyl groups is 1. The number of aliphatic imine (C=N–C) groups is 4. The van der Waals surface area contributed by atoms with E-state index in [2.05, 4.69) is 20.0 Å². The number of hydrogen-bond donors (Lipinski definition) is 1. The Balaban J connectivity index is -0.000000203. The number of rotatable bonds is 10. The summed E-state index contributed by atoms with van der Waals surface area (Å²) in [6.45, 7) is 10.2. The van der Waals surface area contributed by atoms with E-state index in [9.17, 15) is 20.4 Å². The van der Waals surface area contributed by atoms with Crippen LogP contribution in [0.1, 0.15) is 56.9 Å². The van der Waals surface area contributed by atoms with Crippen molar-refractivity contribution in [2.24, 2.45) is 20.0 Å². The summed E-state index contributed by atoms with van der Waals surface area (Å²) in [5.74, 6) is -0.562. The molecule has 0 amide bonds. The number of halogens is 6. The molecule has 0 heterocycles. The normalized spacial score (nSPS) is 11.1. The molecule has 0 spiro atoms. The summed E-state index contributed by atoms with van der Waals surface area (Å²) in [4.78, 5) is 17.3. The fraction of sp³-hybridized carbons (Fsp3) is 0.263. The number of aliphatic hydroxyl groups excluding tert-OH is 1. The van der Waals surface area contributed by atoms with Gasteiger partial charge in [0.15, 0.2) is 0 Å². The monoisotopic (exact) mass is 1130 g/mol. The van der Waals surface area contributed by atoms with E-state index in [1.807, 2.05) is 27.7 Å². The molecule has 7 N–H and O–H groups in total. The zero-order valence-corrected chi connectivity index (χ0v) is 41.9. The first-order chi connectivity index (χ1) is 27.9. The Morgan fingerprint density at radius 2 is 0.652 bits per heavy atom. The molecule has 0 bridgehead atoms. The molecule has 0 aliphatic heterocycles. The van der Waals surface area contributed by atoms with Crippen LogP contribution in [0.5, 0.6) is 23.0 Å². The van der Waals surface area contributed by atoms with Crippen molar-refractivity contribution >= 4 is 71.3 Å². The van der Waals surface area contributed by atoms with Crippen molar-refractivity contribution in [3.63, 3.8) is 0 Å². The molecule has 4 aromatic carbocycles. The minimum Gasteiger partial charge on any atom is -0.872 e. The quantitative estimate of drug-likeness (QED) is 0.115. The largest absolute Gasteiger partial charge is 3.00 e. The maximum atomic E-state index is 11.7. The van der Waals surface area contributed by atoms with Gasteiger partial charge in [-0.1, -0.05) is 93.7 Å². The molecule has 0 aliphatic rings. The molecule has 4 rings (SSSR count). The van der Waals surface area contributed by atoms with E-state index in [-0.39, 0.29) is 80.2 Å². The van der Waals surface area contributed by atoms with E-state index in [1.165, 1.54) is 49.1 Å². The molecule has 0 unspecified atom stereocenters. The molecule has 20 nitrogen and oxygen atoms in total. The van der Waals surface area contributed by atoms with Gasteiger partial charge in [0, 0.05) is 51.6 Å². The predicted molar refractivity (Wildman–Crippen MR) is 215 cm³/mol. The minimum absolute atomic E-state index is 0. The molecule has 368 valence electrons. The Morgan fingerprint density at radius 3 is 0.848 bits per heavy atom. The van der Waals surface area contributed by atoms with Gasteiger partial charge in [-0.2, -0.15) is 0 Å². The second-order valence-corrected chi connectivity index (χ2v) is 16.1. The Hall–Kier alpha value is -2.94. The molecule has 0 radical (unpaired) electrons. The molecule has 0 aliphatic carbocycles. The summed E-state index contributed by atoms with van der Waals surface area (Å²) in [7, 11) is -9.89. The van der Waals surface area contributed by atoms with Gasteiger partial charge in [0.25, 0.3) is 0 Å². The van der Waals surface area contributed by atoms with E-state index < -0.39 is 31.6 Å². The summed E-state index contributed by atoms with van der Waals surface area (Å²) in [5, 5.41) is 56.3. The molecule has 0 atom stereocenters. The van der Waals surface area contributed by atoms with E-state index in [4.69, 9.17) is 88.8 Å². The summed E-state index contributed by atoms with van der Waals surface area (Å²) in [6.07, 6.45) is 5.98. The topological polar surface area (TPSA) is 441 Å². The number of nitrogens with zero attached hydrogens (tertiary/aromatic N) is 4. The molecule has 0 saturated carbocycles. The van der Waals surface area contributed by atoms with Gasteiger partial charge in [-0.15, -0.1) is 20.5 Å². The summed E-state index contributed by atoms with van der Waals surface area (Å²) >= 11 is 23.5. The molecular formula is C38H44Cl6Mn2N4O16. The smallest absolute Gasteiger partial charge is 0.872 e. The third kappa shape index (κ3) is 39.1. The van der Waals surface area contributed by atoms with Gasteiger partial charge in [-0.25, -0.2) is 37.3 Å². The van der Waals surface area contributed by atoms with Crippen molar-refractivity contribution in [1.82, 2.24) is 0 Å². The van der Waals surface area contributed by atoms with Crippen LogP contribution in [0.25, 0.3) is 0 Å². The minimum atomic E-state index is -4.94. The first kappa shape index (κ1) is 74.6. The van der Waals surface area contributed by atoms with Gasteiger partial charge < -0.3 is 42.0 Å². The fourth-order valence-corrected chi connectivity index (χ4v) is 4.51. The molecule has 0 saturated heterocycles. The van der Waals surface area contributed by atoms with Crippen molar-refractivity contribution in [3.8, 4) is 23.0 Å². The van der Waals surface area contributed by atoms with Crippen LogP contribution in [0.15, 0.2) is 92.8 Å². The summed E-state index contributed by atoms with van der Waals surface area (Å²) < 4.78 is 67.9. The first-order valence-electron chi connectivity index (χ1n) is 16.8. The van der Waals surface area contributed by atoms with Crippen LogP contribution in [-0.4, -0.2) is 77.2 Å². The third-order valence-electron chi connectivity index (χ3n) is 6.41. The van der Waals surface area contributed by atoms with Crippen LogP contribution in [-0.2, 0) is 34.1 Å². The average Bonchev–Trinajstić information content (AvgIpc) is 3.11. The Bertz CT molecular complexity index is 1940. The van der Waals surface area contributed by atoms with Crippen molar-refractivity contribution in [2.75, 3.05) is 19.7 Å². The van der Waals surface area contributed by atoms with Gasteiger partial charge in [-0.05, 0) is 105 Å². The van der Waals surface area contributed by atoms with Gasteiger partial charge in [0.1, 0.15) is 0 Å². The van der Waals surface area contributed by atoms with Crippen LogP contribution in [0, 0.1) is 20.5 Å². The first-order valence-corrected chi connectivity index (χ1v) is 20.7. The second-order valence-electron chi connectivity index (χ2n) is 12.9. The molecule has 0 aromatic heterocycles. The maximum absolute atomic E-state index is 11.7. The van der Waals surface area contributed by atoms with E-state index in [1.54, 1.807) is 55.5 Å². The van der Waals surface area contributed by atoms with E-state index >= 15 is 0 Å². The summed E-state index contributed by atoms with van der Waals surface area (Å²) in [5.41, 5.74) is 0.644. The zero-order chi connectivity index (χ0) is 47.2. The molecule has 28 heteroatoms. The zero-order valence-electron chi connectivity index (χ0n) is 35.0. The third-order valence-corrected chi connectivity index (χ3v) is 7.35. The standard InChI is InChI=1S/2C18H18Cl2N2O2.C2H6O.2ClHO4.2Mn.3H2O/c2*1-18(2,22-10-13-8-15(20)4-6-17(13)24)11-21-9-12-7-14(19)3-5-16(12)23;1-2-3;2*2-1(3,4)5;;;;;/h2*3-10,23-24H,11H2,1-2H3;3H,2H2,1H3;2*(H,2,3,4,5);;;3*1H2/q;;;;;2*+3;;;/p-6. The van der Waals surface area contributed by atoms with Gasteiger partial charge in [0.2, 0.25) is 0 Å². The molecule has 4 aromatic rings. The van der Waals surface area contributed by atoms with E-state index in [0.717, 1.165) is 0 Å². The fourth-order valence-electron chi connectivity index (χ4n) is 3.79. The Morgan fingerprint density at radius 1 is 0.470 bits per heavy atom.